The molecule has 5 aliphatic carbocycles. The van der Waals surface area contributed by atoms with E-state index in [4.69, 9.17) is 31.2 Å². The molecule has 0 amide bonds. The van der Waals surface area contributed by atoms with Gasteiger partial charge in [0.25, 0.3) is 0 Å². The van der Waals surface area contributed by atoms with Crippen molar-refractivity contribution in [3.8, 4) is 50.9 Å². The second-order valence-electron chi connectivity index (χ2n) is 27.3. The maximum atomic E-state index is 10.8. The number of rotatable bonds is 11. The number of nitrogens with zero attached hydrogens (tertiary/aromatic N) is 5. The van der Waals surface area contributed by atoms with Crippen LogP contribution in [0.5, 0.6) is 11.5 Å². The number of para-hydroxylation sites is 2. The van der Waals surface area contributed by atoms with E-state index in [0.717, 1.165) is 145 Å². The molecule has 92 heavy (non-hydrogen) atoms. The molecule has 0 bridgehead atoms. The molecule has 7 heteroatoms. The summed E-state index contributed by atoms with van der Waals surface area (Å²) in [5.41, 5.74) is -28.9. The molecule has 474 valence electrons. The summed E-state index contributed by atoms with van der Waals surface area (Å²) < 4.78 is 375. The van der Waals surface area contributed by atoms with Crippen molar-refractivity contribution in [1.82, 2.24) is 19.1 Å². The van der Waals surface area contributed by atoms with Gasteiger partial charge in [0.1, 0.15) is 5.82 Å². The molecule has 0 aliphatic heterocycles. The normalized spacial score (nSPS) is 28.9. The summed E-state index contributed by atoms with van der Waals surface area (Å²) >= 11 is -3.96. The van der Waals surface area contributed by atoms with Crippen molar-refractivity contribution < 1.29 is 61.4 Å². The Hall–Kier alpha value is -6.77. The summed E-state index contributed by atoms with van der Waals surface area (Å²) in [7, 11) is 0. The number of ether oxygens (including phenoxy) is 1. The average Bonchev–Trinajstić information content (AvgIpc) is 0.683. The summed E-state index contributed by atoms with van der Waals surface area (Å²) in [6, 6.07) is 18.5. The Bertz CT molecular complexity index is 5870. The molecule has 0 N–H and O–H groups in total. The Morgan fingerprint density at radius 2 is 1.10 bits per heavy atom. The number of hydrogen-bond acceptors (Lipinski definition) is 3. The predicted octanol–water partition coefficient (Wildman–Crippen LogP) is 22.4. The second-order valence-corrected chi connectivity index (χ2v) is 37.4. The molecule has 3 saturated carbocycles. The molecule has 6 aromatic carbocycles. The molecule has 5 aliphatic rings. The van der Waals surface area contributed by atoms with Crippen molar-refractivity contribution in [2.45, 2.75) is 239 Å². The fourth-order valence-corrected chi connectivity index (χ4v) is 32.9. The zero-order chi connectivity index (χ0) is 95.9. The van der Waals surface area contributed by atoms with Gasteiger partial charge < -0.3 is 0 Å². The van der Waals surface area contributed by atoms with Crippen LogP contribution in [0.4, 0.5) is 0 Å². The fraction of sp³-hybridized carbons (Fsp3) is 0.447. The van der Waals surface area contributed by atoms with Gasteiger partial charge in [0.05, 0.1) is 5.52 Å². The molecule has 10 aromatic rings. The van der Waals surface area contributed by atoms with Crippen LogP contribution < -0.4 is 13.8 Å². The third kappa shape index (κ3) is 10.6. The topological polar surface area (TPSA) is 48.8 Å². The summed E-state index contributed by atoms with van der Waals surface area (Å²) in [6.45, 7) is -30.2. The Morgan fingerprint density at radius 3 is 1.67 bits per heavy atom. The van der Waals surface area contributed by atoms with Crippen molar-refractivity contribution in [3.63, 3.8) is 0 Å². The van der Waals surface area contributed by atoms with Gasteiger partial charge >= 0.3 is 427 Å². The molecule has 15 rings (SSSR count). The SMILES string of the molecule is [2H]c1c([2H])c2c(c([2H])c1-c1cccc(-c3c([2H])c([2H])c4c(c3[2H])C(C([2H])([2H])[2H])(C([2H])([2H])[2H])C([2H])([2H])C([2H])([2H])C4(C([2H])([2H])[2H])C([2H])([2H])[2H])c1-[n+]1[c-]n(-c3cccc(Oc4ccc5c6ccccc6n(-c6cc(C(C)(C)C)ccn6)c5c4)c3)c3c[c]([Ge]([CH]4CCCCC4)([CH]4CCCCC4)[CH]4CCCCC4)ncc31)C(C([2H])([2H])[2H])(C([2H])([2H])[2H])C([2H])([2H])C([2H])([2H])C2(C([2H])([2H])[2H])C([2H])([2H])[2H]. The molecule has 0 spiro atoms. The van der Waals surface area contributed by atoms with Crippen LogP contribution in [-0.2, 0) is 27.1 Å². The van der Waals surface area contributed by atoms with Crippen molar-refractivity contribution in [2.24, 2.45) is 0 Å². The van der Waals surface area contributed by atoms with E-state index in [-0.39, 0.29) is 42.1 Å². The average molecular weight is 1320 g/mol. The van der Waals surface area contributed by atoms with E-state index in [0.29, 0.717) is 17.1 Å². The van der Waals surface area contributed by atoms with Gasteiger partial charge in [-0.3, -0.25) is 0 Å². The van der Waals surface area contributed by atoms with Crippen LogP contribution in [0.15, 0.2) is 152 Å². The summed E-state index contributed by atoms with van der Waals surface area (Å²) in [6.07, 6.45) is 1.37. The van der Waals surface area contributed by atoms with Crippen LogP contribution in [0.25, 0.3) is 72.3 Å². The van der Waals surface area contributed by atoms with E-state index in [1.54, 1.807) is 36.5 Å². The summed E-state index contributed by atoms with van der Waals surface area (Å²) in [4.78, 5) is 10.5. The van der Waals surface area contributed by atoms with Gasteiger partial charge in [-0.15, -0.1) is 0 Å². The smallest absolute Gasteiger partial charge is 0.0558 e. The third-order valence-electron chi connectivity index (χ3n) is 20.4. The van der Waals surface area contributed by atoms with E-state index >= 15 is 0 Å². The van der Waals surface area contributed by atoms with Gasteiger partial charge in [-0.05, 0) is 41.9 Å². The quantitative estimate of drug-likeness (QED) is 0.0737. The number of fused-ring (bicyclic) bond motifs is 6. The molecule has 4 heterocycles. The number of hydrogen-bond donors (Lipinski definition) is 0. The van der Waals surface area contributed by atoms with Crippen molar-refractivity contribution in [1.29, 1.82) is 0 Å². The Kier molecular flexibility index (Phi) is 8.13. The predicted molar refractivity (Wildman–Crippen MR) is 386 cm³/mol. The van der Waals surface area contributed by atoms with E-state index < -0.39 is 202 Å². The first-order valence-electron chi connectivity index (χ1n) is 51.4. The van der Waals surface area contributed by atoms with Crippen LogP contribution in [-0.4, -0.2) is 32.4 Å². The Morgan fingerprint density at radius 1 is 0.554 bits per heavy atom. The van der Waals surface area contributed by atoms with Gasteiger partial charge in [-0.2, -0.15) is 0 Å². The second kappa shape index (κ2) is 23.3. The standard InChI is InChI=1S/C85H99GeN5O/c1-81(2,3)59-43-48-87-79(51-59)91-74-36-22-21-33-68(74)69-40-39-65(53-75(69)91)92-64-32-23-31-63(52-64)89-56-90(77-55-88-78(54-76(77)89)86(60-25-15-12-16-26-60,61-27-17-13-18-28-61)62-29-19-14-20-30-62)80-66(57-37-41-70-72(49-57)84(8,9)46-44-82(70,4)5)34-24-35-67(80)58-38-42-71-73(50-58)85(10,11)47-45-83(71,6)7/h21-24,31-43,48-55,60-62H,12-20,25-30,44-47H2,1-11H3/i4D3,5D3,6D3,7D3,8D3,9D3,10D3,11D3,37D,38D,41D,42D,44D2,45D2,46D2,47D2,49D,50D. The first-order valence-corrected chi connectivity index (χ1v) is 37.1. The molecule has 3 fully saturated rings. The Labute approximate surface area is 605 Å². The van der Waals surface area contributed by atoms with Crippen LogP contribution in [0.1, 0.15) is 277 Å². The first-order chi connectivity index (χ1) is 59.8. The van der Waals surface area contributed by atoms with Crippen molar-refractivity contribution >= 4 is 50.6 Å². The number of benzene rings is 6. The van der Waals surface area contributed by atoms with Gasteiger partial charge in [0.2, 0.25) is 0 Å². The maximum absolute atomic E-state index is 10.8. The molecule has 0 radical (unpaired) electrons. The minimum atomic E-state index is -4.86. The van der Waals surface area contributed by atoms with E-state index in [2.05, 4.69) is 27.1 Å². The minimum Gasteiger partial charge on any atom is -0.0558 e. The summed E-state index contributed by atoms with van der Waals surface area (Å²) in [5, 5.41) is 1.75. The minimum absolute atomic E-state index is 0.122. The monoisotopic (exact) mass is 1320 g/mol. The van der Waals surface area contributed by atoms with Gasteiger partial charge in [-0.1, -0.05) is 66.4 Å². The van der Waals surface area contributed by atoms with Crippen LogP contribution >= 0.6 is 0 Å². The molecule has 0 saturated heterocycles. The number of aromatic nitrogens is 5. The van der Waals surface area contributed by atoms with Crippen LogP contribution in [0.2, 0.25) is 14.3 Å². The summed E-state index contributed by atoms with van der Waals surface area (Å²) in [5.74, 6) is 1.11. The van der Waals surface area contributed by atoms with E-state index in [1.165, 1.54) is 10.8 Å². The number of imidazole rings is 1. The molecule has 0 unspecified atom stereocenters. The fourth-order valence-electron chi connectivity index (χ4n) is 16.1. The zero-order valence-electron chi connectivity index (χ0n) is 90.0. The van der Waals surface area contributed by atoms with E-state index in [9.17, 15) is 35.6 Å². The van der Waals surface area contributed by atoms with Crippen molar-refractivity contribution in [2.75, 3.05) is 0 Å². The number of pyridine rings is 2. The van der Waals surface area contributed by atoms with Gasteiger partial charge in [0, 0.05) is 55.4 Å². The molecule has 0 atom stereocenters. The zero-order valence-corrected chi connectivity index (χ0v) is 54.1. The molecule has 4 aromatic heterocycles. The first kappa shape index (κ1) is 32.1. The van der Waals surface area contributed by atoms with Crippen molar-refractivity contribution in [3.05, 3.63) is 186 Å². The molecular formula is C85H99GeN5O. The molecular weight excluding hydrogens is 1180 g/mol. The van der Waals surface area contributed by atoms with Crippen LogP contribution in [0, 0.1) is 6.33 Å². The molecule has 6 nitrogen and oxygen atoms in total. The third-order valence-corrected chi connectivity index (χ3v) is 35.0. The van der Waals surface area contributed by atoms with Crippen LogP contribution in [0.3, 0.4) is 0 Å². The van der Waals surface area contributed by atoms with Gasteiger partial charge in [-0.25, -0.2) is 4.98 Å². The Balaban J connectivity index is 1.14. The van der Waals surface area contributed by atoms with E-state index in [1.807, 2.05) is 59.2 Å². The van der Waals surface area contributed by atoms with Gasteiger partial charge in [0.15, 0.2) is 0 Å².